The standard InChI is InChI=1S/C10H13N5O2S2/c1-6(2)15-4-9(17-14-15)11-8(16)5-18-10-13-12-7(3)19-10/h4,6H,5H2,1-3H3/p+1. The minimum atomic E-state index is -0.162. The molecule has 0 atom stereocenters. The largest absolute Gasteiger partial charge is 0.302 e. The number of amides is 1. The number of carbonyl (C=O) groups excluding carboxylic acids is 1. The first kappa shape index (κ1) is 13.9. The van der Waals surface area contributed by atoms with Crippen LogP contribution in [0, 0.1) is 6.92 Å². The molecular weight excluding hydrogens is 286 g/mol. The first-order valence-corrected chi connectivity index (χ1v) is 7.45. The third-order valence-electron chi connectivity index (χ3n) is 2.11. The molecular formula is C10H14N5O2S2+. The van der Waals surface area contributed by atoms with Crippen molar-refractivity contribution in [3.63, 3.8) is 0 Å². The van der Waals surface area contributed by atoms with E-state index >= 15 is 0 Å². The van der Waals surface area contributed by atoms with Crippen molar-refractivity contribution in [3.8, 4) is 0 Å². The van der Waals surface area contributed by atoms with Gasteiger partial charge < -0.3 is 0 Å². The molecule has 0 aliphatic carbocycles. The van der Waals surface area contributed by atoms with Crippen molar-refractivity contribution in [1.82, 2.24) is 15.5 Å². The maximum atomic E-state index is 11.7. The van der Waals surface area contributed by atoms with Crippen LogP contribution in [0.5, 0.6) is 0 Å². The topological polar surface area (TPSA) is 84.8 Å². The summed E-state index contributed by atoms with van der Waals surface area (Å²) in [7, 11) is 0. The molecule has 2 aromatic rings. The fraction of sp³-hybridized carbons (Fsp3) is 0.500. The lowest BCUT2D eigenvalue weighted by atomic mass is 10.4. The number of nitrogens with zero attached hydrogens (tertiary/aromatic N) is 4. The van der Waals surface area contributed by atoms with Crippen molar-refractivity contribution < 1.29 is 14.0 Å². The number of rotatable bonds is 5. The quantitative estimate of drug-likeness (QED) is 0.664. The zero-order valence-electron chi connectivity index (χ0n) is 10.8. The Hall–Kier alpha value is -1.48. The summed E-state index contributed by atoms with van der Waals surface area (Å²) in [5, 5.41) is 15.1. The summed E-state index contributed by atoms with van der Waals surface area (Å²) in [6.45, 7) is 5.82. The van der Waals surface area contributed by atoms with Crippen LogP contribution in [0.25, 0.3) is 0 Å². The molecule has 2 rings (SSSR count). The number of aryl methyl sites for hydroxylation is 1. The van der Waals surface area contributed by atoms with Crippen LogP contribution in [-0.4, -0.2) is 27.1 Å². The van der Waals surface area contributed by atoms with Gasteiger partial charge in [0.15, 0.2) is 10.4 Å². The van der Waals surface area contributed by atoms with E-state index in [1.807, 2.05) is 20.8 Å². The lowest BCUT2D eigenvalue weighted by molar-refractivity contribution is -0.779. The second-order valence-corrected chi connectivity index (χ2v) is 6.47. The molecule has 2 aromatic heterocycles. The van der Waals surface area contributed by atoms with Crippen molar-refractivity contribution in [1.29, 1.82) is 0 Å². The summed E-state index contributed by atoms with van der Waals surface area (Å²) >= 11 is 2.81. The van der Waals surface area contributed by atoms with Crippen LogP contribution in [0.3, 0.4) is 0 Å². The first-order valence-electron chi connectivity index (χ1n) is 5.65. The first-order chi connectivity index (χ1) is 9.04. The van der Waals surface area contributed by atoms with Crippen molar-refractivity contribution in [2.24, 2.45) is 0 Å². The predicted octanol–water partition coefficient (Wildman–Crippen LogP) is 1.43. The molecule has 1 amide bonds. The molecule has 0 aromatic carbocycles. The number of aromatic nitrogens is 4. The predicted molar refractivity (Wildman–Crippen MR) is 71.1 cm³/mol. The van der Waals surface area contributed by atoms with E-state index in [4.69, 9.17) is 4.52 Å². The fourth-order valence-corrected chi connectivity index (χ4v) is 2.81. The Balaban J connectivity index is 1.83. The number of thioether (sulfide) groups is 1. The second-order valence-electron chi connectivity index (χ2n) is 4.06. The molecule has 9 heteroatoms. The van der Waals surface area contributed by atoms with E-state index in [1.165, 1.54) is 23.1 Å². The normalized spacial score (nSPS) is 10.9. The van der Waals surface area contributed by atoms with Gasteiger partial charge in [0.2, 0.25) is 11.2 Å². The second kappa shape index (κ2) is 6.11. The molecule has 0 bridgehead atoms. The monoisotopic (exact) mass is 300 g/mol. The number of hydrogen-bond acceptors (Lipinski definition) is 7. The maximum Gasteiger partial charge on any atom is 0.302 e. The summed E-state index contributed by atoms with van der Waals surface area (Å²) in [5.41, 5.74) is 0. The van der Waals surface area contributed by atoms with Crippen LogP contribution >= 0.6 is 23.1 Å². The van der Waals surface area contributed by atoms with E-state index < -0.39 is 0 Å². The van der Waals surface area contributed by atoms with Crippen molar-refractivity contribution >= 4 is 34.9 Å². The fourth-order valence-electron chi connectivity index (χ4n) is 1.19. The number of hydrogen-bond donors (Lipinski definition) is 1. The van der Waals surface area contributed by atoms with E-state index in [0.717, 1.165) is 9.35 Å². The summed E-state index contributed by atoms with van der Waals surface area (Å²) in [6, 6.07) is 0.188. The zero-order valence-corrected chi connectivity index (χ0v) is 12.4. The lowest BCUT2D eigenvalue weighted by Crippen LogP contribution is -2.36. The smallest absolute Gasteiger partial charge is 0.288 e. The summed E-state index contributed by atoms with van der Waals surface area (Å²) < 4.78 is 7.41. The Morgan fingerprint density at radius 1 is 1.58 bits per heavy atom. The molecule has 19 heavy (non-hydrogen) atoms. The molecule has 0 saturated heterocycles. The van der Waals surface area contributed by atoms with Crippen molar-refractivity contribution in [2.45, 2.75) is 31.2 Å². The van der Waals surface area contributed by atoms with Gasteiger partial charge in [-0.2, -0.15) is 0 Å². The van der Waals surface area contributed by atoms with Gasteiger partial charge in [-0.1, -0.05) is 23.1 Å². The van der Waals surface area contributed by atoms with Crippen molar-refractivity contribution in [3.05, 3.63) is 11.2 Å². The Morgan fingerprint density at radius 2 is 2.37 bits per heavy atom. The van der Waals surface area contributed by atoms with Crippen LogP contribution in [0.15, 0.2) is 15.1 Å². The average Bonchev–Trinajstić information content (AvgIpc) is 2.96. The van der Waals surface area contributed by atoms with E-state index in [-0.39, 0.29) is 17.7 Å². The Morgan fingerprint density at radius 3 is 2.95 bits per heavy atom. The third kappa shape index (κ3) is 4.00. The zero-order chi connectivity index (χ0) is 13.8. The Labute approximate surface area is 118 Å². The number of nitrogens with one attached hydrogen (secondary N) is 1. The van der Waals surface area contributed by atoms with Crippen LogP contribution in [0.2, 0.25) is 0 Å². The highest BCUT2D eigenvalue weighted by atomic mass is 32.2. The summed E-state index contributed by atoms with van der Waals surface area (Å²) in [6.07, 6.45) is 1.66. The van der Waals surface area contributed by atoms with Crippen LogP contribution < -0.4 is 10.00 Å². The van der Waals surface area contributed by atoms with Crippen LogP contribution in [0.1, 0.15) is 24.9 Å². The molecule has 0 aliphatic heterocycles. The van der Waals surface area contributed by atoms with E-state index in [0.29, 0.717) is 5.88 Å². The van der Waals surface area contributed by atoms with Gasteiger partial charge in [0.05, 0.1) is 5.75 Å². The molecule has 2 heterocycles. The van der Waals surface area contributed by atoms with Gasteiger partial charge in [0, 0.05) is 0 Å². The highest BCUT2D eigenvalue weighted by molar-refractivity contribution is 8.01. The molecule has 0 aliphatic rings. The third-order valence-corrected chi connectivity index (χ3v) is 4.08. The summed E-state index contributed by atoms with van der Waals surface area (Å²) in [4.78, 5) is 11.7. The lowest BCUT2D eigenvalue weighted by Gasteiger charge is -1.96. The molecule has 102 valence electrons. The highest BCUT2D eigenvalue weighted by Crippen LogP contribution is 2.21. The number of anilines is 1. The Bertz CT molecular complexity index is 566. The minimum absolute atomic E-state index is 0.162. The average molecular weight is 300 g/mol. The van der Waals surface area contributed by atoms with Crippen LogP contribution in [-0.2, 0) is 4.79 Å². The van der Waals surface area contributed by atoms with Gasteiger partial charge in [0.25, 0.3) is 6.20 Å². The molecule has 1 N–H and O–H groups in total. The molecule has 0 radical (unpaired) electrons. The van der Waals surface area contributed by atoms with Crippen molar-refractivity contribution in [2.75, 3.05) is 11.1 Å². The van der Waals surface area contributed by atoms with Gasteiger partial charge in [-0.15, -0.1) is 10.2 Å². The van der Waals surface area contributed by atoms with Gasteiger partial charge in [0.1, 0.15) is 5.01 Å². The van der Waals surface area contributed by atoms with E-state index in [9.17, 15) is 4.79 Å². The van der Waals surface area contributed by atoms with Gasteiger partial charge >= 0.3 is 5.88 Å². The van der Waals surface area contributed by atoms with E-state index in [2.05, 4.69) is 20.8 Å². The number of carbonyl (C=O) groups is 1. The molecule has 0 unspecified atom stereocenters. The maximum absolute atomic E-state index is 11.7. The molecule has 7 nitrogen and oxygen atoms in total. The van der Waals surface area contributed by atoms with Crippen LogP contribution in [0.4, 0.5) is 5.88 Å². The summed E-state index contributed by atoms with van der Waals surface area (Å²) in [5.74, 6) is 0.439. The van der Waals surface area contributed by atoms with Gasteiger partial charge in [-0.25, -0.2) is 0 Å². The molecule has 0 fully saturated rings. The highest BCUT2D eigenvalue weighted by Gasteiger charge is 2.17. The Kier molecular flexibility index (Phi) is 4.48. The SMILES string of the molecule is Cc1nnc(SCC(=O)Nc2c[n+](C(C)C)no2)s1. The van der Waals surface area contributed by atoms with Gasteiger partial charge in [-0.3, -0.25) is 14.6 Å². The molecule has 0 spiro atoms. The van der Waals surface area contributed by atoms with Gasteiger partial charge in [-0.05, 0) is 25.5 Å². The molecule has 0 saturated carbocycles. The van der Waals surface area contributed by atoms with E-state index in [1.54, 1.807) is 10.9 Å². The minimum Gasteiger partial charge on any atom is -0.288 e.